The molecule has 2 aromatic heterocycles. The van der Waals surface area contributed by atoms with Crippen LogP contribution in [0.1, 0.15) is 22.3 Å². The predicted octanol–water partition coefficient (Wildman–Crippen LogP) is 6.56. The van der Waals surface area contributed by atoms with Crippen molar-refractivity contribution in [2.24, 2.45) is 0 Å². The number of amides is 1. The van der Waals surface area contributed by atoms with Gasteiger partial charge in [-0.3, -0.25) is 9.78 Å². The van der Waals surface area contributed by atoms with Gasteiger partial charge in [0.25, 0.3) is 5.91 Å². The molecular weight excluding hydrogens is 501 g/mol. The van der Waals surface area contributed by atoms with Gasteiger partial charge < -0.3 is 14.8 Å². The molecule has 4 rings (SSSR count). The summed E-state index contributed by atoms with van der Waals surface area (Å²) in [4.78, 5) is 18.5. The third-order valence-corrected chi connectivity index (χ3v) is 6.13. The molecule has 0 atom stereocenters. The van der Waals surface area contributed by atoms with Gasteiger partial charge in [-0.2, -0.15) is 13.2 Å². The van der Waals surface area contributed by atoms with Crippen molar-refractivity contribution >= 4 is 17.5 Å². The number of nitrogens with zero attached hydrogens (tertiary/aromatic N) is 3. The summed E-state index contributed by atoms with van der Waals surface area (Å²) in [7, 11) is 3.94. The first-order chi connectivity index (χ1) is 17.6. The van der Waals surface area contributed by atoms with Gasteiger partial charge in [-0.05, 0) is 80.7 Å². The Hall–Kier alpha value is -3.62. The summed E-state index contributed by atoms with van der Waals surface area (Å²) in [6.07, 6.45) is -1.42. The van der Waals surface area contributed by atoms with E-state index in [-0.39, 0.29) is 11.6 Å². The van der Waals surface area contributed by atoms with E-state index in [1.807, 2.05) is 19.0 Å². The van der Waals surface area contributed by atoms with E-state index in [2.05, 4.69) is 10.3 Å². The van der Waals surface area contributed by atoms with Crippen LogP contribution in [0.3, 0.4) is 0 Å². The van der Waals surface area contributed by atoms with Crippen LogP contribution in [-0.4, -0.2) is 47.5 Å². The van der Waals surface area contributed by atoms with E-state index in [0.29, 0.717) is 39.6 Å². The average molecular weight is 527 g/mol. The minimum Gasteiger partial charge on any atom is -0.352 e. The molecule has 0 fully saturated rings. The summed E-state index contributed by atoms with van der Waals surface area (Å²) in [5.41, 5.74) is 2.01. The third kappa shape index (κ3) is 6.21. The average Bonchev–Trinajstić information content (AvgIpc) is 3.31. The van der Waals surface area contributed by atoms with Crippen molar-refractivity contribution in [2.45, 2.75) is 12.6 Å². The molecule has 5 nitrogen and oxygen atoms in total. The van der Waals surface area contributed by atoms with Crippen LogP contribution in [0.15, 0.2) is 79.1 Å². The minimum atomic E-state index is -4.58. The van der Waals surface area contributed by atoms with Gasteiger partial charge >= 0.3 is 6.18 Å². The van der Waals surface area contributed by atoms with E-state index in [1.165, 1.54) is 10.8 Å². The second kappa shape index (κ2) is 11.2. The van der Waals surface area contributed by atoms with Crippen molar-refractivity contribution < 1.29 is 18.0 Å². The molecule has 0 aliphatic carbocycles. The van der Waals surface area contributed by atoms with Crippen LogP contribution in [-0.2, 0) is 6.18 Å². The first kappa shape index (κ1) is 26.4. The first-order valence-corrected chi connectivity index (χ1v) is 12.1. The molecule has 0 aliphatic heterocycles. The van der Waals surface area contributed by atoms with Gasteiger partial charge in [-0.25, -0.2) is 0 Å². The maximum atomic E-state index is 14.0. The van der Waals surface area contributed by atoms with Gasteiger partial charge in [0.1, 0.15) is 0 Å². The highest BCUT2D eigenvalue weighted by Crippen LogP contribution is 2.39. The van der Waals surface area contributed by atoms with Crippen LogP contribution in [0, 0.1) is 0 Å². The Balaban J connectivity index is 1.73. The summed E-state index contributed by atoms with van der Waals surface area (Å²) in [6.45, 7) is 1.41. The Morgan fingerprint density at radius 2 is 1.54 bits per heavy atom. The molecule has 37 heavy (non-hydrogen) atoms. The molecule has 2 heterocycles. The van der Waals surface area contributed by atoms with Gasteiger partial charge in [0.15, 0.2) is 0 Å². The lowest BCUT2D eigenvalue weighted by atomic mass is 10.1. The Bertz CT molecular complexity index is 1360. The van der Waals surface area contributed by atoms with Crippen molar-refractivity contribution in [3.05, 3.63) is 95.3 Å². The molecule has 0 saturated carbocycles. The van der Waals surface area contributed by atoms with Crippen molar-refractivity contribution in [3.63, 3.8) is 0 Å². The normalized spacial score (nSPS) is 11.6. The molecule has 0 aliphatic rings. The van der Waals surface area contributed by atoms with E-state index in [0.717, 1.165) is 25.2 Å². The van der Waals surface area contributed by atoms with Gasteiger partial charge in [-0.15, -0.1) is 0 Å². The number of carbonyl (C=O) groups is 1. The SMILES string of the molecule is CN(C)CCCNC(=O)c1ccc(-c2ccc(-c3ccc(Cl)cc3)n2-c2cnccc2C(F)(F)F)cc1. The Kier molecular flexibility index (Phi) is 8.00. The molecule has 0 radical (unpaired) electrons. The van der Waals surface area contributed by atoms with E-state index < -0.39 is 11.7 Å². The van der Waals surface area contributed by atoms with Crippen LogP contribution in [0.2, 0.25) is 5.02 Å². The zero-order valence-corrected chi connectivity index (χ0v) is 21.1. The van der Waals surface area contributed by atoms with Gasteiger partial charge in [0.2, 0.25) is 0 Å². The second-order valence-electron chi connectivity index (χ2n) is 8.83. The number of nitrogens with one attached hydrogen (secondary N) is 1. The Labute approximate surface area is 218 Å². The molecule has 2 aromatic carbocycles. The summed E-state index contributed by atoms with van der Waals surface area (Å²) < 4.78 is 43.4. The summed E-state index contributed by atoms with van der Waals surface area (Å²) in [6, 6.07) is 18.2. The number of halogens is 4. The molecule has 1 amide bonds. The van der Waals surface area contributed by atoms with E-state index in [9.17, 15) is 18.0 Å². The zero-order chi connectivity index (χ0) is 26.6. The number of carbonyl (C=O) groups excluding carboxylic acids is 1. The lowest BCUT2D eigenvalue weighted by molar-refractivity contribution is -0.137. The monoisotopic (exact) mass is 526 g/mol. The smallest absolute Gasteiger partial charge is 0.352 e. The number of benzene rings is 2. The largest absolute Gasteiger partial charge is 0.418 e. The maximum Gasteiger partial charge on any atom is 0.418 e. The minimum absolute atomic E-state index is 0.0948. The topological polar surface area (TPSA) is 50.2 Å². The van der Waals surface area contributed by atoms with Crippen molar-refractivity contribution in [1.82, 2.24) is 19.8 Å². The van der Waals surface area contributed by atoms with Crippen molar-refractivity contribution in [3.8, 4) is 28.2 Å². The number of hydrogen-bond acceptors (Lipinski definition) is 3. The highest BCUT2D eigenvalue weighted by Gasteiger charge is 2.35. The van der Waals surface area contributed by atoms with E-state index >= 15 is 0 Å². The van der Waals surface area contributed by atoms with Gasteiger partial charge in [0.05, 0.1) is 28.8 Å². The first-order valence-electron chi connectivity index (χ1n) is 11.7. The predicted molar refractivity (Wildman–Crippen MR) is 140 cm³/mol. The van der Waals surface area contributed by atoms with Crippen molar-refractivity contribution in [2.75, 3.05) is 27.2 Å². The molecule has 0 bridgehead atoms. The fraction of sp³-hybridized carbons (Fsp3) is 0.214. The molecule has 4 aromatic rings. The molecule has 0 spiro atoms. The van der Waals surface area contributed by atoms with Crippen LogP contribution in [0.5, 0.6) is 0 Å². The lowest BCUT2D eigenvalue weighted by Crippen LogP contribution is -2.27. The number of hydrogen-bond donors (Lipinski definition) is 1. The number of rotatable bonds is 8. The second-order valence-corrected chi connectivity index (χ2v) is 9.26. The molecular formula is C28H26ClF3N4O. The van der Waals surface area contributed by atoms with Crippen LogP contribution in [0.4, 0.5) is 13.2 Å². The zero-order valence-electron chi connectivity index (χ0n) is 20.4. The van der Waals surface area contributed by atoms with E-state index in [4.69, 9.17) is 11.6 Å². The summed E-state index contributed by atoms with van der Waals surface area (Å²) >= 11 is 6.04. The van der Waals surface area contributed by atoms with E-state index in [1.54, 1.807) is 60.7 Å². The van der Waals surface area contributed by atoms with Crippen molar-refractivity contribution in [1.29, 1.82) is 0 Å². The fourth-order valence-electron chi connectivity index (χ4n) is 4.06. The molecule has 1 N–H and O–H groups in total. The molecule has 0 saturated heterocycles. The molecule has 9 heteroatoms. The molecule has 0 unspecified atom stereocenters. The summed E-state index contributed by atoms with van der Waals surface area (Å²) in [5.74, 6) is -0.200. The number of alkyl halides is 3. The highest BCUT2D eigenvalue weighted by molar-refractivity contribution is 6.30. The van der Waals surface area contributed by atoms with Crippen LogP contribution in [0.25, 0.3) is 28.2 Å². The summed E-state index contributed by atoms with van der Waals surface area (Å²) in [5, 5.41) is 3.41. The Morgan fingerprint density at radius 3 is 2.11 bits per heavy atom. The van der Waals surface area contributed by atoms with Gasteiger partial charge in [0, 0.05) is 23.3 Å². The number of aromatic nitrogens is 2. The standard InChI is InChI=1S/C28H26ClF3N4O/c1-35(2)17-3-15-34-27(37)21-6-4-19(5-7-21)24-12-13-25(20-8-10-22(29)11-9-20)36(24)26-18-33-16-14-23(26)28(30,31)32/h4-14,16,18H,3,15,17H2,1-2H3,(H,34,37). The number of pyridine rings is 1. The van der Waals surface area contributed by atoms with Crippen LogP contribution >= 0.6 is 11.6 Å². The fourth-order valence-corrected chi connectivity index (χ4v) is 4.19. The van der Waals surface area contributed by atoms with Crippen LogP contribution < -0.4 is 5.32 Å². The van der Waals surface area contributed by atoms with Gasteiger partial charge in [-0.1, -0.05) is 35.9 Å². The Morgan fingerprint density at radius 1 is 0.946 bits per heavy atom. The molecule has 192 valence electrons. The lowest BCUT2D eigenvalue weighted by Gasteiger charge is -2.19. The maximum absolute atomic E-state index is 14.0. The highest BCUT2D eigenvalue weighted by atomic mass is 35.5. The quantitative estimate of drug-likeness (QED) is 0.264. The third-order valence-electron chi connectivity index (χ3n) is 5.88.